The first-order chi connectivity index (χ1) is 42.0. The lowest BCUT2D eigenvalue weighted by atomic mass is 10.1. The average molecular weight is 1220 g/mol. The van der Waals surface area contributed by atoms with E-state index in [0.29, 0.717) is 63.3 Å². The zero-order valence-electron chi connectivity index (χ0n) is 49.3. The lowest BCUT2D eigenvalue weighted by Gasteiger charge is -2.22. The Labute approximate surface area is 512 Å². The van der Waals surface area contributed by atoms with Crippen molar-refractivity contribution < 1.29 is 52.2 Å². The molecule has 6 N–H and O–H groups in total. The maximum Gasteiger partial charge on any atom is 0.317 e. The van der Waals surface area contributed by atoms with Crippen molar-refractivity contribution in [1.82, 2.24) is 53.9 Å². The van der Waals surface area contributed by atoms with Gasteiger partial charge in [-0.05, 0) is 96.4 Å². The summed E-state index contributed by atoms with van der Waals surface area (Å²) >= 11 is 0. The fourth-order valence-corrected chi connectivity index (χ4v) is 9.16. The number of benzene rings is 4. The first kappa shape index (κ1) is 64.5. The van der Waals surface area contributed by atoms with Gasteiger partial charge in [0, 0.05) is 115 Å². The van der Waals surface area contributed by atoms with Crippen LogP contribution in [-0.4, -0.2) is 104 Å². The van der Waals surface area contributed by atoms with Crippen LogP contribution in [0.5, 0.6) is 34.5 Å². The molecule has 0 bridgehead atoms. The number of fused-ring (bicyclic) bond motifs is 2. The number of carboxylic acid groups (broad SMARTS) is 1. The van der Waals surface area contributed by atoms with E-state index in [2.05, 4.69) is 76.7 Å². The van der Waals surface area contributed by atoms with Crippen LogP contribution in [-0.2, 0) is 40.7 Å². The summed E-state index contributed by atoms with van der Waals surface area (Å²) in [6.07, 6.45) is 16.3. The van der Waals surface area contributed by atoms with Crippen LogP contribution in [0.2, 0.25) is 0 Å². The van der Waals surface area contributed by atoms with Crippen LogP contribution in [0.1, 0.15) is 81.8 Å². The van der Waals surface area contributed by atoms with E-state index in [0.717, 1.165) is 75.8 Å². The van der Waals surface area contributed by atoms with E-state index >= 15 is 0 Å². The molecule has 7 heterocycles. The number of carbonyl (C=O) groups is 1. The molecule has 22 nitrogen and oxygen atoms in total. The predicted octanol–water partition coefficient (Wildman–Crippen LogP) is 11.7. The van der Waals surface area contributed by atoms with Gasteiger partial charge >= 0.3 is 5.97 Å². The third kappa shape index (κ3) is 17.2. The summed E-state index contributed by atoms with van der Waals surface area (Å²) in [5, 5.41) is 18.7. The van der Waals surface area contributed by atoms with Crippen LogP contribution in [0, 0.1) is 11.6 Å². The van der Waals surface area contributed by atoms with E-state index in [9.17, 15) is 13.6 Å². The fraction of sp³-hybridized carbons (Fsp3) is 0.286. The number of ether oxygens (including phenoxy) is 6. The van der Waals surface area contributed by atoms with Crippen LogP contribution < -0.4 is 30.4 Å². The Kier molecular flexibility index (Phi) is 22.2. The number of nitrogens with zero attached hydrogens (tertiary/aromatic N) is 11. The van der Waals surface area contributed by atoms with Crippen molar-refractivity contribution in [2.75, 3.05) is 38.7 Å². The molecule has 0 aliphatic carbocycles. The Bertz CT molecular complexity index is 3910. The Morgan fingerprint density at radius 2 is 1.07 bits per heavy atom. The number of likely N-dealkylation sites (N-methyl/N-ethyl adjacent to an activating group) is 1. The van der Waals surface area contributed by atoms with Gasteiger partial charge in [-0.3, -0.25) is 9.69 Å². The normalized spacial score (nSPS) is 12.9. The molecule has 6 aromatic heterocycles. The lowest BCUT2D eigenvalue weighted by molar-refractivity contribution is -0.170. The summed E-state index contributed by atoms with van der Waals surface area (Å²) in [4.78, 5) is 45.3. The zero-order chi connectivity index (χ0) is 61.6. The van der Waals surface area contributed by atoms with Gasteiger partial charge in [0.05, 0.1) is 17.3 Å². The Balaban J connectivity index is 0.000000205. The number of hydrogen-bond donors (Lipinski definition) is 4. The molecular formula is C63H68ClF2N13O9. The molecule has 10 aromatic rings. The molecule has 11 rings (SSSR count). The Morgan fingerprint density at radius 3 is 1.45 bits per heavy atom. The summed E-state index contributed by atoms with van der Waals surface area (Å²) in [5.74, 6) is 2.28. The molecule has 88 heavy (non-hydrogen) atoms. The number of nitrogens with two attached hydrogens (primary N) is 2. The smallest absolute Gasteiger partial charge is 0.317 e. The number of nitrogen functional groups attached to an aromatic ring is 2. The highest BCUT2D eigenvalue weighted by Gasteiger charge is 2.20. The third-order valence-corrected chi connectivity index (χ3v) is 13.3. The summed E-state index contributed by atoms with van der Waals surface area (Å²) in [6.45, 7) is 9.51. The van der Waals surface area contributed by atoms with Crippen LogP contribution in [0.15, 0.2) is 135 Å². The Hall–Kier alpha value is -9.46. The number of anilines is 2. The van der Waals surface area contributed by atoms with E-state index in [4.69, 9.17) is 50.1 Å². The van der Waals surface area contributed by atoms with Crippen molar-refractivity contribution in [3.8, 4) is 56.8 Å². The van der Waals surface area contributed by atoms with Gasteiger partial charge < -0.3 is 59.2 Å². The first-order valence-electron chi connectivity index (χ1n) is 27.9. The zero-order valence-corrected chi connectivity index (χ0v) is 50.1. The van der Waals surface area contributed by atoms with Gasteiger partial charge in [0.1, 0.15) is 108 Å². The number of rotatable bonds is 20. The molecule has 25 heteroatoms. The molecule has 1 aliphatic rings. The van der Waals surface area contributed by atoms with Gasteiger partial charge in [-0.1, -0.05) is 24.3 Å². The largest absolute Gasteiger partial charge is 0.489 e. The second-order valence-corrected chi connectivity index (χ2v) is 21.0. The Morgan fingerprint density at radius 1 is 0.625 bits per heavy atom. The number of halogens is 3. The maximum atomic E-state index is 14.5. The van der Waals surface area contributed by atoms with Crippen LogP contribution in [0.3, 0.4) is 0 Å². The van der Waals surface area contributed by atoms with Gasteiger partial charge in [0.2, 0.25) is 0 Å². The van der Waals surface area contributed by atoms with Crippen molar-refractivity contribution in [3.05, 3.63) is 169 Å². The van der Waals surface area contributed by atoms with Crippen molar-refractivity contribution in [3.63, 3.8) is 0 Å². The fourth-order valence-electron chi connectivity index (χ4n) is 9.16. The van der Waals surface area contributed by atoms with Crippen molar-refractivity contribution >= 4 is 52.1 Å². The second-order valence-electron chi connectivity index (χ2n) is 21.0. The maximum absolute atomic E-state index is 14.5. The molecule has 0 spiro atoms. The van der Waals surface area contributed by atoms with E-state index < -0.39 is 17.6 Å². The number of aliphatic hydroxyl groups is 1. The molecule has 460 valence electrons. The minimum Gasteiger partial charge on any atom is -0.489 e. The molecule has 0 radical (unpaired) electrons. The average Bonchev–Trinajstić information content (AvgIpc) is 1.81. The molecule has 0 amide bonds. The highest BCUT2D eigenvalue weighted by molar-refractivity contribution is 6.01. The number of aliphatic hydroxyl groups excluding tert-OH is 1. The van der Waals surface area contributed by atoms with E-state index in [-0.39, 0.29) is 63.8 Å². The van der Waals surface area contributed by atoms with Crippen LogP contribution in [0.4, 0.5) is 20.4 Å². The molecule has 1 atom stereocenters. The van der Waals surface area contributed by atoms with Gasteiger partial charge in [0.25, 0.3) is 0 Å². The summed E-state index contributed by atoms with van der Waals surface area (Å²) in [7, 11) is 3.43. The van der Waals surface area contributed by atoms with Crippen molar-refractivity contribution in [2.45, 2.75) is 91.8 Å². The summed E-state index contributed by atoms with van der Waals surface area (Å²) in [6, 6.07) is 23.7. The highest BCUT2D eigenvalue weighted by Crippen LogP contribution is 2.38. The number of aromatic nitrogens is 10. The monoisotopic (exact) mass is 1220 g/mol. The number of aliphatic carboxylic acids is 1. The molecule has 4 aromatic carbocycles. The summed E-state index contributed by atoms with van der Waals surface area (Å²) < 4.78 is 67.5. The van der Waals surface area contributed by atoms with E-state index in [1.165, 1.54) is 36.9 Å². The topological polar surface area (TPSA) is 281 Å². The van der Waals surface area contributed by atoms with Crippen molar-refractivity contribution in [2.24, 2.45) is 0 Å². The first-order valence-corrected chi connectivity index (χ1v) is 27.9. The second kappa shape index (κ2) is 30.3. The van der Waals surface area contributed by atoms with E-state index in [1.54, 1.807) is 68.0 Å². The molecule has 1 fully saturated rings. The minimum atomic E-state index is -0.787. The van der Waals surface area contributed by atoms with E-state index in [1.807, 2.05) is 48.8 Å². The summed E-state index contributed by atoms with van der Waals surface area (Å²) in [5.41, 5.74) is 19.1. The lowest BCUT2D eigenvalue weighted by Crippen LogP contribution is -2.22. The third-order valence-electron chi connectivity index (χ3n) is 13.3. The highest BCUT2D eigenvalue weighted by atomic mass is 35.5. The number of carboxylic acids is 1. The molecule has 1 unspecified atom stereocenters. The van der Waals surface area contributed by atoms with Crippen molar-refractivity contribution in [1.29, 1.82) is 0 Å². The van der Waals surface area contributed by atoms with Crippen LogP contribution in [0.25, 0.3) is 44.3 Å². The standard InChI is InChI=1S/C32H33FN6O4.C27H25FN6O3.C4H9NO2.ClH/c1-20(2)39-16-27(30-31(34)37-19-38-32(30)39)22-6-8-24(9-7-22)43-26-12-23(33)11-25(13-26)41-17-21-14-35-28(36-15-21)18-42-29-5-3-4-10-40-29;1-16(2)34-12-23(25-26(29)32-15-33-27(25)34)18-3-5-20(6-4-18)37-22-8-19(28)7-21(9-22)36-14-17-10-30-24(13-35)31-11-17;1-5(2)3-4(6)7;/h6-9,11-16,19-20,29H,3-5,10,17-18H2,1-2H3,(H2,34,37,38);3-12,15-16,35H,13-14H2,1-2H3,(H2,29,32,33);3H2,1-2H3,(H,6,7);1H. The van der Waals surface area contributed by atoms with Gasteiger partial charge in [-0.2, -0.15) is 0 Å². The molecule has 1 aliphatic heterocycles. The predicted molar refractivity (Wildman–Crippen MR) is 329 cm³/mol. The van der Waals surface area contributed by atoms with Gasteiger partial charge in [-0.15, -0.1) is 12.4 Å². The van der Waals surface area contributed by atoms with Gasteiger partial charge in [0.15, 0.2) is 17.9 Å². The minimum absolute atomic E-state index is 0. The SMILES string of the molecule is CC(C)n1cc(-c2ccc(Oc3cc(F)cc(OCc4cnc(CO)nc4)c3)cc2)c2c(N)ncnc21.CC(C)n1cc(-c2ccc(Oc3cc(F)cc(OCc4cnc(COC5CCCCO5)nc4)c3)cc2)c2c(N)ncnc21.CN(C)CC(=O)O.Cl. The van der Waals surface area contributed by atoms with Gasteiger partial charge in [-0.25, -0.2) is 48.7 Å². The van der Waals surface area contributed by atoms with Crippen LogP contribution >= 0.6 is 12.4 Å². The quantitative estimate of drug-likeness (QED) is 0.0552. The molecule has 1 saturated heterocycles. The molecular weight excluding hydrogens is 1160 g/mol. The number of hydrogen-bond acceptors (Lipinski definition) is 19. The molecule has 0 saturated carbocycles.